The number of rotatable bonds is 11. The van der Waals surface area contributed by atoms with E-state index in [-0.39, 0.29) is 49.5 Å². The second-order valence-corrected chi connectivity index (χ2v) is 10.8. The third-order valence-corrected chi connectivity index (χ3v) is 6.57. The Morgan fingerprint density at radius 2 is 1.71 bits per heavy atom. The third-order valence-electron chi connectivity index (χ3n) is 5.38. The van der Waals surface area contributed by atoms with E-state index in [4.69, 9.17) is 0 Å². The molecule has 0 aliphatic heterocycles. The minimum Gasteiger partial charge on any atom is -0.352 e. The molecule has 2 aromatic carbocycles. The van der Waals surface area contributed by atoms with Crippen LogP contribution in [0.1, 0.15) is 44.7 Å². The normalized spacial score (nSPS) is 12.3. The van der Waals surface area contributed by atoms with Crippen molar-refractivity contribution in [2.75, 3.05) is 17.1 Å². The molecule has 0 saturated carbocycles. The number of halogens is 2. The lowest BCUT2D eigenvalue weighted by molar-refractivity contribution is -0.140. The Bertz CT molecular complexity index is 1160. The Labute approximate surface area is 206 Å². The number of nitrogens with one attached hydrogen (secondary N) is 1. The average molecular weight is 510 g/mol. The van der Waals surface area contributed by atoms with Crippen LogP contribution in [-0.2, 0) is 26.2 Å². The predicted octanol–water partition coefficient (Wildman–Crippen LogP) is 3.76. The highest BCUT2D eigenvalue weighted by Gasteiger charge is 2.27. The summed E-state index contributed by atoms with van der Waals surface area (Å²) in [5, 5.41) is 2.81. The summed E-state index contributed by atoms with van der Waals surface area (Å²) in [4.78, 5) is 27.3. The molecule has 0 radical (unpaired) electrons. The molecule has 0 fully saturated rings. The first-order chi connectivity index (χ1) is 16.3. The first kappa shape index (κ1) is 28.2. The van der Waals surface area contributed by atoms with Crippen LogP contribution in [-0.4, -0.2) is 50.0 Å². The van der Waals surface area contributed by atoms with E-state index in [1.165, 1.54) is 11.0 Å². The van der Waals surface area contributed by atoms with Crippen molar-refractivity contribution < 1.29 is 26.8 Å². The molecule has 0 unspecified atom stereocenters. The number of hydrogen-bond acceptors (Lipinski definition) is 4. The van der Waals surface area contributed by atoms with Crippen molar-refractivity contribution in [3.63, 3.8) is 0 Å². The maximum Gasteiger partial charge on any atom is 0.242 e. The summed E-state index contributed by atoms with van der Waals surface area (Å²) in [6.45, 7) is 7.34. The summed E-state index contributed by atoms with van der Waals surface area (Å²) in [5.74, 6) is -2.86. The molecule has 0 aliphatic rings. The lowest BCUT2D eigenvalue weighted by Crippen LogP contribution is -2.49. The molecule has 0 heterocycles. The molecule has 0 spiro atoms. The van der Waals surface area contributed by atoms with E-state index in [0.717, 1.165) is 33.8 Å². The molecule has 7 nitrogen and oxygen atoms in total. The lowest BCUT2D eigenvalue weighted by atomic mass is 10.1. The van der Waals surface area contributed by atoms with Gasteiger partial charge >= 0.3 is 0 Å². The average Bonchev–Trinajstić information content (AvgIpc) is 2.75. The van der Waals surface area contributed by atoms with Gasteiger partial charge in [0.15, 0.2) is 11.6 Å². The summed E-state index contributed by atoms with van der Waals surface area (Å²) in [6, 6.07) is 9.59. The van der Waals surface area contributed by atoms with Gasteiger partial charge in [-0.2, -0.15) is 0 Å². The van der Waals surface area contributed by atoms with Crippen LogP contribution in [0.25, 0.3) is 0 Å². The minimum atomic E-state index is -3.81. The van der Waals surface area contributed by atoms with Gasteiger partial charge < -0.3 is 10.2 Å². The summed E-state index contributed by atoms with van der Waals surface area (Å²) in [5.41, 5.74) is 1.85. The second kappa shape index (κ2) is 12.1. The van der Waals surface area contributed by atoms with Crippen LogP contribution in [0.2, 0.25) is 0 Å². The number of anilines is 1. The van der Waals surface area contributed by atoms with E-state index in [1.54, 1.807) is 6.92 Å². The number of nitrogens with zero attached hydrogens (tertiary/aromatic N) is 2. The SMILES string of the molecule is Cc1cccc(CN(C(=O)CCCN(c2ccc(F)c(F)c2)S(C)(=O)=O)[C@H](C)C(=O)NC(C)C)c1. The van der Waals surface area contributed by atoms with Gasteiger partial charge in [0.1, 0.15) is 6.04 Å². The van der Waals surface area contributed by atoms with E-state index in [1.807, 2.05) is 45.0 Å². The first-order valence-corrected chi connectivity index (χ1v) is 13.2. The molecule has 2 rings (SSSR count). The van der Waals surface area contributed by atoms with Crippen LogP contribution in [0.3, 0.4) is 0 Å². The number of hydrogen-bond donors (Lipinski definition) is 1. The van der Waals surface area contributed by atoms with E-state index >= 15 is 0 Å². The van der Waals surface area contributed by atoms with Crippen molar-refractivity contribution in [3.05, 3.63) is 65.2 Å². The molecular formula is C25H33F2N3O4S. The van der Waals surface area contributed by atoms with E-state index in [9.17, 15) is 26.8 Å². The van der Waals surface area contributed by atoms with Crippen molar-refractivity contribution in [2.45, 2.75) is 59.2 Å². The van der Waals surface area contributed by atoms with Gasteiger partial charge in [0.25, 0.3) is 0 Å². The Kier molecular flexibility index (Phi) is 9.76. The van der Waals surface area contributed by atoms with Gasteiger partial charge in [-0.25, -0.2) is 17.2 Å². The molecule has 10 heteroatoms. The fraction of sp³-hybridized carbons (Fsp3) is 0.440. The summed E-state index contributed by atoms with van der Waals surface area (Å²) >= 11 is 0. The number of sulfonamides is 1. The van der Waals surface area contributed by atoms with Crippen LogP contribution in [0.5, 0.6) is 0 Å². The highest BCUT2D eigenvalue weighted by atomic mass is 32.2. The van der Waals surface area contributed by atoms with Gasteiger partial charge in [0, 0.05) is 31.6 Å². The fourth-order valence-corrected chi connectivity index (χ4v) is 4.60. The zero-order valence-electron chi connectivity index (χ0n) is 20.7. The molecular weight excluding hydrogens is 476 g/mol. The zero-order valence-corrected chi connectivity index (χ0v) is 21.5. The van der Waals surface area contributed by atoms with Gasteiger partial charge in [-0.1, -0.05) is 29.8 Å². The highest BCUT2D eigenvalue weighted by Crippen LogP contribution is 2.22. The molecule has 0 saturated heterocycles. The largest absolute Gasteiger partial charge is 0.352 e. The van der Waals surface area contributed by atoms with Gasteiger partial charge in [0.2, 0.25) is 21.8 Å². The quantitative estimate of drug-likeness (QED) is 0.500. The van der Waals surface area contributed by atoms with Gasteiger partial charge in [0.05, 0.1) is 11.9 Å². The molecule has 0 aliphatic carbocycles. The molecule has 192 valence electrons. The maximum absolute atomic E-state index is 13.7. The predicted molar refractivity (Wildman–Crippen MR) is 132 cm³/mol. The minimum absolute atomic E-state index is 0.0276. The molecule has 35 heavy (non-hydrogen) atoms. The van der Waals surface area contributed by atoms with Crippen LogP contribution in [0, 0.1) is 18.6 Å². The van der Waals surface area contributed by atoms with Crippen LogP contribution in [0.4, 0.5) is 14.5 Å². The van der Waals surface area contributed by atoms with E-state index < -0.39 is 27.7 Å². The number of amides is 2. The fourth-order valence-electron chi connectivity index (χ4n) is 3.64. The number of benzene rings is 2. The van der Waals surface area contributed by atoms with Crippen LogP contribution in [0.15, 0.2) is 42.5 Å². The molecule has 0 bridgehead atoms. The Morgan fingerprint density at radius 1 is 1.03 bits per heavy atom. The van der Waals surface area contributed by atoms with Crippen molar-refractivity contribution >= 4 is 27.5 Å². The standard InChI is InChI=1S/C25H33F2N3O4S/c1-17(2)28-25(32)19(4)29(16-20-9-6-8-18(3)14-20)24(31)10-7-13-30(35(5,33)34)21-11-12-22(26)23(27)15-21/h6,8-9,11-12,14-15,17,19H,7,10,13,16H2,1-5H3,(H,28,32)/t19-/m1/s1. The van der Waals surface area contributed by atoms with Crippen LogP contribution < -0.4 is 9.62 Å². The number of aryl methyl sites for hydroxylation is 1. The maximum atomic E-state index is 13.7. The Hall–Kier alpha value is -3.01. The van der Waals surface area contributed by atoms with Crippen LogP contribution >= 0.6 is 0 Å². The van der Waals surface area contributed by atoms with Crippen molar-refractivity contribution in [1.82, 2.24) is 10.2 Å². The Morgan fingerprint density at radius 3 is 2.29 bits per heavy atom. The Balaban J connectivity index is 2.19. The smallest absolute Gasteiger partial charge is 0.242 e. The first-order valence-electron chi connectivity index (χ1n) is 11.4. The number of carbonyl (C=O) groups excluding carboxylic acids is 2. The molecule has 2 amide bonds. The summed E-state index contributed by atoms with van der Waals surface area (Å²) in [6.07, 6.45) is 1.03. The third kappa shape index (κ3) is 8.31. The van der Waals surface area contributed by atoms with E-state index in [0.29, 0.717) is 0 Å². The van der Waals surface area contributed by atoms with Gasteiger partial charge in [-0.05, 0) is 51.8 Å². The molecule has 2 aromatic rings. The summed E-state index contributed by atoms with van der Waals surface area (Å²) < 4.78 is 52.5. The molecule has 1 N–H and O–H groups in total. The topological polar surface area (TPSA) is 86.8 Å². The van der Waals surface area contributed by atoms with Crippen molar-refractivity contribution in [3.8, 4) is 0 Å². The van der Waals surface area contributed by atoms with E-state index in [2.05, 4.69) is 5.32 Å². The zero-order chi connectivity index (χ0) is 26.3. The summed E-state index contributed by atoms with van der Waals surface area (Å²) in [7, 11) is -3.81. The molecule has 1 atom stereocenters. The highest BCUT2D eigenvalue weighted by molar-refractivity contribution is 7.92. The monoisotopic (exact) mass is 509 g/mol. The second-order valence-electron chi connectivity index (χ2n) is 8.89. The van der Waals surface area contributed by atoms with Gasteiger partial charge in [-0.15, -0.1) is 0 Å². The van der Waals surface area contributed by atoms with Crippen molar-refractivity contribution in [2.24, 2.45) is 0 Å². The molecule has 0 aromatic heterocycles. The van der Waals surface area contributed by atoms with Gasteiger partial charge in [-0.3, -0.25) is 13.9 Å². The van der Waals surface area contributed by atoms with Crippen molar-refractivity contribution in [1.29, 1.82) is 0 Å². The number of carbonyl (C=O) groups is 2. The lowest BCUT2D eigenvalue weighted by Gasteiger charge is -2.30.